The van der Waals surface area contributed by atoms with Crippen molar-refractivity contribution in [2.45, 2.75) is 31.8 Å². The number of hydrogen-bond acceptors (Lipinski definition) is 4. The molecule has 162 valence electrons. The fourth-order valence-corrected chi connectivity index (χ4v) is 4.58. The first-order valence-corrected chi connectivity index (χ1v) is 10.9. The summed E-state index contributed by atoms with van der Waals surface area (Å²) in [5.74, 6) is 0.0774. The van der Waals surface area contributed by atoms with Crippen LogP contribution in [0.25, 0.3) is 0 Å². The van der Waals surface area contributed by atoms with E-state index in [9.17, 15) is 14.4 Å². The van der Waals surface area contributed by atoms with Crippen molar-refractivity contribution in [1.82, 2.24) is 10.2 Å². The van der Waals surface area contributed by atoms with Crippen molar-refractivity contribution in [3.05, 3.63) is 63.1 Å². The van der Waals surface area contributed by atoms with E-state index in [-0.39, 0.29) is 28.8 Å². The van der Waals surface area contributed by atoms with Gasteiger partial charge in [0, 0.05) is 31.0 Å². The lowest BCUT2D eigenvalue weighted by atomic mass is 9.82. The molecule has 0 radical (unpaired) electrons. The number of piperidine rings is 1. The Labute approximate surface area is 190 Å². The van der Waals surface area contributed by atoms with Gasteiger partial charge in [0.05, 0.1) is 29.1 Å². The van der Waals surface area contributed by atoms with Gasteiger partial charge in [-0.05, 0) is 37.3 Å². The molecule has 2 aromatic rings. The topological polar surface area (TPSA) is 75.7 Å². The predicted molar refractivity (Wildman–Crippen MR) is 118 cm³/mol. The fraction of sp³-hybridized carbons (Fsp3) is 0.348. The number of Topliss-reactive ketones (excluding diaryl/α,β-unsaturated/α-hetero) is 1. The summed E-state index contributed by atoms with van der Waals surface area (Å²) in [7, 11) is 0. The molecule has 2 amide bonds. The van der Waals surface area contributed by atoms with Gasteiger partial charge in [0.1, 0.15) is 11.4 Å². The third-order valence-electron chi connectivity index (χ3n) is 5.85. The largest absolute Gasteiger partial charge is 0.486 e. The minimum Gasteiger partial charge on any atom is -0.486 e. The Balaban J connectivity index is 1.33. The summed E-state index contributed by atoms with van der Waals surface area (Å²) < 4.78 is 6.24. The van der Waals surface area contributed by atoms with Gasteiger partial charge in [0.15, 0.2) is 5.78 Å². The standard InChI is InChI=1S/C23H22Cl2N2O4/c1-14-2-5-20-17(10-14)19(28)12-23(31-20)6-8-27(9-7-23)21(29)13-26-22(30)16-4-3-15(24)11-18(16)25/h2-5,10-11H,6-9,12-13H2,1H3,(H,26,30). The van der Waals surface area contributed by atoms with Crippen LogP contribution in [0.2, 0.25) is 10.0 Å². The molecule has 0 saturated carbocycles. The molecule has 8 heteroatoms. The van der Waals surface area contributed by atoms with Crippen LogP contribution in [0.5, 0.6) is 5.75 Å². The minimum absolute atomic E-state index is 0.0804. The molecule has 2 heterocycles. The van der Waals surface area contributed by atoms with Gasteiger partial charge in [-0.25, -0.2) is 0 Å². The van der Waals surface area contributed by atoms with Crippen molar-refractivity contribution in [2.24, 2.45) is 0 Å². The molecule has 2 aliphatic rings. The number of ether oxygens (including phenoxy) is 1. The number of hydrogen-bond donors (Lipinski definition) is 1. The smallest absolute Gasteiger partial charge is 0.253 e. The SMILES string of the molecule is Cc1ccc2c(c1)C(=O)CC1(CCN(C(=O)CNC(=O)c3ccc(Cl)cc3Cl)CC1)O2. The van der Waals surface area contributed by atoms with E-state index in [0.717, 1.165) is 5.56 Å². The van der Waals surface area contributed by atoms with Crippen LogP contribution < -0.4 is 10.1 Å². The number of benzene rings is 2. The van der Waals surface area contributed by atoms with Gasteiger partial charge in [0.25, 0.3) is 5.91 Å². The number of aryl methyl sites for hydroxylation is 1. The highest BCUT2D eigenvalue weighted by Gasteiger charge is 2.43. The fourth-order valence-electron chi connectivity index (χ4n) is 4.09. The van der Waals surface area contributed by atoms with Crippen LogP contribution in [0.3, 0.4) is 0 Å². The Kier molecular flexibility index (Phi) is 5.95. The minimum atomic E-state index is -0.573. The summed E-state index contributed by atoms with van der Waals surface area (Å²) in [6.45, 7) is 2.74. The lowest BCUT2D eigenvalue weighted by molar-refractivity contribution is -0.133. The van der Waals surface area contributed by atoms with Gasteiger partial charge in [-0.1, -0.05) is 34.8 Å². The molecule has 4 rings (SSSR count). The number of rotatable bonds is 3. The van der Waals surface area contributed by atoms with E-state index in [4.69, 9.17) is 27.9 Å². The lowest BCUT2D eigenvalue weighted by Gasteiger charge is -2.44. The maximum Gasteiger partial charge on any atom is 0.253 e. The van der Waals surface area contributed by atoms with Crippen molar-refractivity contribution >= 4 is 40.8 Å². The first-order chi connectivity index (χ1) is 14.8. The van der Waals surface area contributed by atoms with Crippen LogP contribution in [0, 0.1) is 6.92 Å². The van der Waals surface area contributed by atoms with Gasteiger partial charge in [-0.3, -0.25) is 14.4 Å². The van der Waals surface area contributed by atoms with Crippen LogP contribution in [0.15, 0.2) is 36.4 Å². The van der Waals surface area contributed by atoms with Gasteiger partial charge in [0.2, 0.25) is 5.91 Å². The molecule has 6 nitrogen and oxygen atoms in total. The summed E-state index contributed by atoms with van der Waals surface area (Å²) in [5, 5.41) is 3.27. The molecule has 1 N–H and O–H groups in total. The van der Waals surface area contributed by atoms with Gasteiger partial charge in [-0.2, -0.15) is 0 Å². The number of amides is 2. The number of nitrogens with zero attached hydrogens (tertiary/aromatic N) is 1. The van der Waals surface area contributed by atoms with E-state index < -0.39 is 11.5 Å². The molecule has 2 aliphatic heterocycles. The van der Waals surface area contributed by atoms with Crippen LogP contribution in [-0.4, -0.2) is 47.7 Å². The normalized spacial score (nSPS) is 17.1. The zero-order chi connectivity index (χ0) is 22.2. The third-order valence-corrected chi connectivity index (χ3v) is 6.40. The maximum absolute atomic E-state index is 12.7. The highest BCUT2D eigenvalue weighted by Crippen LogP contribution is 2.39. The number of nitrogens with one attached hydrogen (secondary N) is 1. The van der Waals surface area contributed by atoms with Crippen molar-refractivity contribution < 1.29 is 19.1 Å². The highest BCUT2D eigenvalue weighted by molar-refractivity contribution is 6.36. The molecule has 0 bridgehead atoms. The average Bonchev–Trinajstić information content (AvgIpc) is 2.73. The summed E-state index contributed by atoms with van der Waals surface area (Å²) >= 11 is 11.9. The van der Waals surface area contributed by atoms with Crippen LogP contribution >= 0.6 is 23.2 Å². The number of carbonyl (C=O) groups excluding carboxylic acids is 3. The Morgan fingerprint density at radius 1 is 1.13 bits per heavy atom. The molecule has 31 heavy (non-hydrogen) atoms. The monoisotopic (exact) mass is 460 g/mol. The summed E-state index contributed by atoms with van der Waals surface area (Å²) in [4.78, 5) is 39.3. The van der Waals surface area contributed by atoms with E-state index >= 15 is 0 Å². The van der Waals surface area contributed by atoms with E-state index in [1.807, 2.05) is 25.1 Å². The molecule has 2 aromatic carbocycles. The molecule has 0 unspecified atom stereocenters. The third kappa shape index (κ3) is 4.55. The second kappa shape index (κ2) is 8.52. The van der Waals surface area contributed by atoms with Gasteiger partial charge in [-0.15, -0.1) is 0 Å². The first-order valence-electron chi connectivity index (χ1n) is 10.1. The van der Waals surface area contributed by atoms with E-state index in [1.54, 1.807) is 11.0 Å². The maximum atomic E-state index is 12.7. The van der Waals surface area contributed by atoms with Gasteiger partial charge >= 0.3 is 0 Å². The number of likely N-dealkylation sites (tertiary alicyclic amines) is 1. The Morgan fingerprint density at radius 3 is 2.58 bits per heavy atom. The molecule has 1 saturated heterocycles. The molecular formula is C23H22Cl2N2O4. The van der Waals surface area contributed by atoms with Crippen molar-refractivity contribution in [3.63, 3.8) is 0 Å². The Hall–Kier alpha value is -2.57. The lowest BCUT2D eigenvalue weighted by Crippen LogP contribution is -2.53. The zero-order valence-corrected chi connectivity index (χ0v) is 18.6. The summed E-state index contributed by atoms with van der Waals surface area (Å²) in [6, 6.07) is 10.2. The van der Waals surface area contributed by atoms with Crippen LogP contribution in [0.1, 0.15) is 45.5 Å². The van der Waals surface area contributed by atoms with Crippen LogP contribution in [0.4, 0.5) is 0 Å². The second-order valence-electron chi connectivity index (χ2n) is 8.07. The quantitative estimate of drug-likeness (QED) is 0.748. The van der Waals surface area contributed by atoms with E-state index in [1.165, 1.54) is 12.1 Å². The zero-order valence-electron chi connectivity index (χ0n) is 17.0. The number of fused-ring (bicyclic) bond motifs is 1. The highest BCUT2D eigenvalue weighted by atomic mass is 35.5. The number of ketones is 1. The average molecular weight is 461 g/mol. The molecule has 0 aromatic heterocycles. The Morgan fingerprint density at radius 2 is 1.87 bits per heavy atom. The summed E-state index contributed by atoms with van der Waals surface area (Å²) in [5.41, 5.74) is 1.34. The van der Waals surface area contributed by atoms with Crippen molar-refractivity contribution in [1.29, 1.82) is 0 Å². The van der Waals surface area contributed by atoms with Crippen molar-refractivity contribution in [2.75, 3.05) is 19.6 Å². The summed E-state index contributed by atoms with van der Waals surface area (Å²) in [6.07, 6.45) is 1.45. The van der Waals surface area contributed by atoms with Crippen LogP contribution in [-0.2, 0) is 4.79 Å². The molecule has 1 spiro atoms. The molecule has 0 atom stereocenters. The molecular weight excluding hydrogens is 439 g/mol. The molecule has 1 fully saturated rings. The van der Waals surface area contributed by atoms with Crippen molar-refractivity contribution in [3.8, 4) is 5.75 Å². The number of halogens is 2. The second-order valence-corrected chi connectivity index (χ2v) is 8.92. The van der Waals surface area contributed by atoms with E-state index in [0.29, 0.717) is 48.7 Å². The van der Waals surface area contributed by atoms with E-state index in [2.05, 4.69) is 5.32 Å². The predicted octanol–water partition coefficient (Wildman–Crippen LogP) is 4.06. The number of carbonyl (C=O) groups is 3. The van der Waals surface area contributed by atoms with Gasteiger partial charge < -0.3 is 15.0 Å². The Bertz CT molecular complexity index is 1060. The first kappa shape index (κ1) is 21.7. The molecule has 0 aliphatic carbocycles.